The third kappa shape index (κ3) is 4.80. The predicted octanol–water partition coefficient (Wildman–Crippen LogP) is 2.54. The highest BCUT2D eigenvalue weighted by Crippen LogP contribution is 2.32. The van der Waals surface area contributed by atoms with Crippen LogP contribution in [0.25, 0.3) is 0 Å². The van der Waals surface area contributed by atoms with E-state index < -0.39 is 0 Å². The molecule has 1 fully saturated rings. The van der Waals surface area contributed by atoms with Gasteiger partial charge in [0.2, 0.25) is 11.8 Å². The van der Waals surface area contributed by atoms with Crippen LogP contribution in [0.4, 0.5) is 21.9 Å². The van der Waals surface area contributed by atoms with Gasteiger partial charge in [0.25, 0.3) is 0 Å². The third-order valence-corrected chi connectivity index (χ3v) is 4.60. The van der Waals surface area contributed by atoms with Gasteiger partial charge in [-0.15, -0.1) is 0 Å². The van der Waals surface area contributed by atoms with Crippen molar-refractivity contribution in [3.63, 3.8) is 0 Å². The molecular formula is C21H24N4O5. The lowest BCUT2D eigenvalue weighted by molar-refractivity contribution is -0.116. The number of benzene rings is 2. The van der Waals surface area contributed by atoms with Gasteiger partial charge in [0, 0.05) is 43.1 Å². The molecule has 9 nitrogen and oxygen atoms in total. The van der Waals surface area contributed by atoms with E-state index in [0.29, 0.717) is 41.7 Å². The lowest BCUT2D eigenvalue weighted by Gasteiger charge is -2.19. The zero-order valence-electron chi connectivity index (χ0n) is 17.1. The lowest BCUT2D eigenvalue weighted by atomic mass is 10.2. The average molecular weight is 412 g/mol. The van der Waals surface area contributed by atoms with Crippen LogP contribution in [0.1, 0.15) is 6.92 Å². The zero-order valence-corrected chi connectivity index (χ0v) is 17.1. The van der Waals surface area contributed by atoms with E-state index in [1.807, 2.05) is 0 Å². The lowest BCUT2D eigenvalue weighted by Crippen LogP contribution is -2.37. The Morgan fingerprint density at radius 1 is 0.933 bits per heavy atom. The SMILES string of the molecule is COc1ccc(N2CCN(CC(=O)Nc3ccc(NC(C)=O)cc3)C2=O)cc1OC. The summed E-state index contributed by atoms with van der Waals surface area (Å²) < 4.78 is 10.5. The zero-order chi connectivity index (χ0) is 21.7. The summed E-state index contributed by atoms with van der Waals surface area (Å²) in [4.78, 5) is 39.3. The van der Waals surface area contributed by atoms with Gasteiger partial charge in [0.15, 0.2) is 11.5 Å². The monoisotopic (exact) mass is 412 g/mol. The van der Waals surface area contributed by atoms with E-state index in [1.54, 1.807) is 54.5 Å². The fourth-order valence-electron chi connectivity index (χ4n) is 3.18. The standard InChI is InChI=1S/C21H24N4O5/c1-14(26)22-15-4-6-16(7-5-15)23-20(27)13-24-10-11-25(21(24)28)17-8-9-18(29-2)19(12-17)30-3/h4-9,12H,10-11,13H2,1-3H3,(H,22,26)(H,23,27). The fraction of sp³-hybridized carbons (Fsp3) is 0.286. The van der Waals surface area contributed by atoms with Gasteiger partial charge in [0.05, 0.1) is 14.2 Å². The van der Waals surface area contributed by atoms with E-state index >= 15 is 0 Å². The molecule has 0 aromatic heterocycles. The van der Waals surface area contributed by atoms with Crippen LogP contribution in [0, 0.1) is 0 Å². The number of nitrogens with one attached hydrogen (secondary N) is 2. The molecule has 30 heavy (non-hydrogen) atoms. The summed E-state index contributed by atoms with van der Waals surface area (Å²) in [6, 6.07) is 11.7. The number of nitrogens with zero attached hydrogens (tertiary/aromatic N) is 2. The Bertz CT molecular complexity index is 945. The number of anilines is 3. The maximum absolute atomic E-state index is 12.8. The maximum Gasteiger partial charge on any atom is 0.325 e. The normalized spacial score (nSPS) is 13.2. The second-order valence-electron chi connectivity index (χ2n) is 6.70. The Morgan fingerprint density at radius 2 is 1.57 bits per heavy atom. The van der Waals surface area contributed by atoms with Crippen molar-refractivity contribution in [1.82, 2.24) is 4.90 Å². The van der Waals surface area contributed by atoms with Gasteiger partial charge >= 0.3 is 6.03 Å². The largest absolute Gasteiger partial charge is 0.493 e. The van der Waals surface area contributed by atoms with E-state index in [0.717, 1.165) is 0 Å². The summed E-state index contributed by atoms with van der Waals surface area (Å²) in [5.74, 6) is 0.638. The van der Waals surface area contributed by atoms with Crippen LogP contribution in [-0.2, 0) is 9.59 Å². The van der Waals surface area contributed by atoms with Crippen LogP contribution in [0.15, 0.2) is 42.5 Å². The minimum atomic E-state index is -0.301. The Hall–Kier alpha value is -3.75. The van der Waals surface area contributed by atoms with Crippen molar-refractivity contribution in [3.05, 3.63) is 42.5 Å². The molecule has 0 unspecified atom stereocenters. The molecule has 0 atom stereocenters. The molecule has 2 N–H and O–H groups in total. The van der Waals surface area contributed by atoms with E-state index in [-0.39, 0.29) is 24.4 Å². The van der Waals surface area contributed by atoms with Crippen molar-refractivity contribution in [2.24, 2.45) is 0 Å². The quantitative estimate of drug-likeness (QED) is 0.728. The first-order valence-electron chi connectivity index (χ1n) is 9.37. The van der Waals surface area contributed by atoms with Gasteiger partial charge in [-0.3, -0.25) is 14.5 Å². The fourth-order valence-corrected chi connectivity index (χ4v) is 3.18. The Morgan fingerprint density at radius 3 is 2.17 bits per heavy atom. The molecule has 1 saturated heterocycles. The van der Waals surface area contributed by atoms with Gasteiger partial charge < -0.3 is 25.0 Å². The molecule has 1 heterocycles. The van der Waals surface area contributed by atoms with Crippen molar-refractivity contribution in [3.8, 4) is 11.5 Å². The number of rotatable bonds is 7. The molecule has 158 valence electrons. The predicted molar refractivity (Wildman–Crippen MR) is 113 cm³/mol. The van der Waals surface area contributed by atoms with Crippen molar-refractivity contribution in [2.45, 2.75) is 6.92 Å². The van der Waals surface area contributed by atoms with Gasteiger partial charge in [-0.2, -0.15) is 0 Å². The van der Waals surface area contributed by atoms with Crippen LogP contribution in [0.2, 0.25) is 0 Å². The summed E-state index contributed by atoms with van der Waals surface area (Å²) >= 11 is 0. The Kier molecular flexibility index (Phi) is 6.41. The highest BCUT2D eigenvalue weighted by molar-refractivity contribution is 5.99. The van der Waals surface area contributed by atoms with Crippen LogP contribution in [0.5, 0.6) is 11.5 Å². The first-order chi connectivity index (χ1) is 14.4. The second-order valence-corrected chi connectivity index (χ2v) is 6.70. The van der Waals surface area contributed by atoms with Crippen LogP contribution in [0.3, 0.4) is 0 Å². The van der Waals surface area contributed by atoms with Crippen molar-refractivity contribution in [2.75, 3.05) is 49.4 Å². The molecule has 3 rings (SSSR count). The first kappa shape index (κ1) is 21.0. The number of ether oxygens (including phenoxy) is 2. The van der Waals surface area contributed by atoms with E-state index in [2.05, 4.69) is 10.6 Å². The summed E-state index contributed by atoms with van der Waals surface area (Å²) in [6.45, 7) is 2.26. The molecule has 0 radical (unpaired) electrons. The molecule has 9 heteroatoms. The summed E-state index contributed by atoms with van der Waals surface area (Å²) in [6.07, 6.45) is 0. The van der Waals surface area contributed by atoms with Crippen LogP contribution in [-0.4, -0.2) is 56.6 Å². The highest BCUT2D eigenvalue weighted by Gasteiger charge is 2.31. The number of amides is 4. The minimum Gasteiger partial charge on any atom is -0.493 e. The molecule has 1 aliphatic heterocycles. The molecule has 4 amide bonds. The van der Waals surface area contributed by atoms with Crippen molar-refractivity contribution < 1.29 is 23.9 Å². The van der Waals surface area contributed by atoms with E-state index in [4.69, 9.17) is 9.47 Å². The molecule has 2 aromatic rings. The van der Waals surface area contributed by atoms with Crippen molar-refractivity contribution >= 4 is 34.9 Å². The Labute approximate surface area is 174 Å². The number of hydrogen-bond acceptors (Lipinski definition) is 5. The second kappa shape index (κ2) is 9.17. The van der Waals surface area contributed by atoms with Gasteiger partial charge in [0.1, 0.15) is 6.54 Å². The van der Waals surface area contributed by atoms with Crippen molar-refractivity contribution in [1.29, 1.82) is 0 Å². The summed E-state index contributed by atoms with van der Waals surface area (Å²) in [7, 11) is 3.08. The molecule has 1 aliphatic rings. The van der Waals surface area contributed by atoms with Gasteiger partial charge in [-0.1, -0.05) is 0 Å². The van der Waals surface area contributed by atoms with Gasteiger partial charge in [-0.25, -0.2) is 4.79 Å². The number of hydrogen-bond donors (Lipinski definition) is 2. The molecule has 0 aliphatic carbocycles. The maximum atomic E-state index is 12.8. The first-order valence-corrected chi connectivity index (χ1v) is 9.37. The Balaban J connectivity index is 1.59. The average Bonchev–Trinajstić information content (AvgIpc) is 3.08. The van der Waals surface area contributed by atoms with Crippen LogP contribution >= 0.6 is 0 Å². The van der Waals surface area contributed by atoms with Crippen LogP contribution < -0.4 is 25.0 Å². The van der Waals surface area contributed by atoms with E-state index in [9.17, 15) is 14.4 Å². The third-order valence-electron chi connectivity index (χ3n) is 4.60. The summed E-state index contributed by atoms with van der Waals surface area (Å²) in [5, 5.41) is 5.42. The molecule has 0 spiro atoms. The smallest absolute Gasteiger partial charge is 0.325 e. The number of carbonyl (C=O) groups excluding carboxylic acids is 3. The number of carbonyl (C=O) groups is 3. The minimum absolute atomic E-state index is 0.0595. The molecule has 2 aromatic carbocycles. The molecular weight excluding hydrogens is 388 g/mol. The number of urea groups is 1. The molecule has 0 bridgehead atoms. The number of methoxy groups -OCH3 is 2. The topological polar surface area (TPSA) is 100 Å². The highest BCUT2D eigenvalue weighted by atomic mass is 16.5. The summed E-state index contributed by atoms with van der Waals surface area (Å²) in [5.41, 5.74) is 1.90. The van der Waals surface area contributed by atoms with Gasteiger partial charge in [-0.05, 0) is 36.4 Å². The van der Waals surface area contributed by atoms with E-state index in [1.165, 1.54) is 18.9 Å². The molecule has 0 saturated carbocycles.